The van der Waals surface area contributed by atoms with Gasteiger partial charge in [0.25, 0.3) is 0 Å². The van der Waals surface area contributed by atoms with Crippen LogP contribution < -0.4 is 10.0 Å². The average molecular weight is 345 g/mol. The summed E-state index contributed by atoms with van der Waals surface area (Å²) >= 11 is 5.84. The molecule has 0 fully saturated rings. The Morgan fingerprint density at radius 2 is 1.95 bits per heavy atom. The molecule has 21 heavy (non-hydrogen) atoms. The van der Waals surface area contributed by atoms with Crippen LogP contribution in [0, 0.1) is 0 Å². The molecule has 2 N–H and O–H groups in total. The summed E-state index contributed by atoms with van der Waals surface area (Å²) in [5, 5.41) is 2.81. The predicted molar refractivity (Wildman–Crippen MR) is 74.7 cm³/mol. The van der Waals surface area contributed by atoms with Gasteiger partial charge in [-0.1, -0.05) is 17.7 Å². The van der Waals surface area contributed by atoms with Gasteiger partial charge in [-0.15, -0.1) is 0 Å². The standard InChI is InChI=1S/C12H16ClF3N2O2S/c1-8(6-12(14,15)16)18-21(19,20)11-5-9(7-17-2)3-4-10(11)13/h3-5,8,17-18H,6-7H2,1-2H3. The Morgan fingerprint density at radius 3 is 2.48 bits per heavy atom. The molecule has 0 heterocycles. The summed E-state index contributed by atoms with van der Waals surface area (Å²) in [6, 6.07) is 3.09. The molecule has 1 aromatic rings. The first-order valence-electron chi connectivity index (χ1n) is 6.07. The van der Waals surface area contributed by atoms with Gasteiger partial charge in [0.2, 0.25) is 10.0 Å². The highest BCUT2D eigenvalue weighted by Crippen LogP contribution is 2.25. The number of halogens is 4. The fourth-order valence-electron chi connectivity index (χ4n) is 1.78. The third-order valence-corrected chi connectivity index (χ3v) is 4.63. The third-order valence-electron chi connectivity index (χ3n) is 2.56. The van der Waals surface area contributed by atoms with Gasteiger partial charge in [0.05, 0.1) is 11.4 Å². The highest BCUT2D eigenvalue weighted by atomic mass is 35.5. The van der Waals surface area contributed by atoms with E-state index in [0.717, 1.165) is 6.92 Å². The largest absolute Gasteiger partial charge is 0.390 e. The first-order valence-corrected chi connectivity index (χ1v) is 7.93. The van der Waals surface area contributed by atoms with Gasteiger partial charge in [0.1, 0.15) is 4.90 Å². The van der Waals surface area contributed by atoms with E-state index in [1.54, 1.807) is 13.1 Å². The Labute approximate surface area is 126 Å². The van der Waals surface area contributed by atoms with E-state index in [9.17, 15) is 21.6 Å². The molecule has 1 rings (SSSR count). The second-order valence-corrected chi connectivity index (χ2v) is 6.73. The predicted octanol–water partition coefficient (Wildman–Crippen LogP) is 2.68. The summed E-state index contributed by atoms with van der Waals surface area (Å²) in [6.45, 7) is 1.56. The van der Waals surface area contributed by atoms with Gasteiger partial charge in [-0.2, -0.15) is 13.2 Å². The van der Waals surface area contributed by atoms with E-state index in [1.165, 1.54) is 12.1 Å². The Hall–Kier alpha value is -0.830. The summed E-state index contributed by atoms with van der Waals surface area (Å²) in [4.78, 5) is -0.231. The molecule has 0 aliphatic carbocycles. The number of alkyl halides is 3. The van der Waals surface area contributed by atoms with Crippen LogP contribution in [-0.4, -0.2) is 27.7 Å². The fraction of sp³-hybridized carbons (Fsp3) is 0.500. The van der Waals surface area contributed by atoms with E-state index in [0.29, 0.717) is 12.1 Å². The molecular formula is C12H16ClF3N2O2S. The number of benzene rings is 1. The molecule has 1 unspecified atom stereocenters. The Balaban J connectivity index is 2.99. The molecule has 0 aromatic heterocycles. The number of hydrogen-bond donors (Lipinski definition) is 2. The molecule has 1 aromatic carbocycles. The smallest absolute Gasteiger partial charge is 0.316 e. The average Bonchev–Trinajstić information content (AvgIpc) is 2.28. The molecule has 0 amide bonds. The van der Waals surface area contributed by atoms with E-state index in [4.69, 9.17) is 11.6 Å². The van der Waals surface area contributed by atoms with Gasteiger partial charge >= 0.3 is 6.18 Å². The second kappa shape index (κ2) is 6.95. The second-order valence-electron chi connectivity index (χ2n) is 4.64. The first kappa shape index (κ1) is 18.2. The zero-order valence-corrected chi connectivity index (χ0v) is 13.0. The SMILES string of the molecule is CNCc1ccc(Cl)c(S(=O)(=O)NC(C)CC(F)(F)F)c1. The molecule has 120 valence electrons. The van der Waals surface area contributed by atoms with Crippen LogP contribution in [0.3, 0.4) is 0 Å². The number of rotatable bonds is 6. The maximum Gasteiger partial charge on any atom is 0.390 e. The Bertz CT molecular complexity index is 591. The van der Waals surface area contributed by atoms with Crippen LogP contribution in [0.15, 0.2) is 23.1 Å². The Kier molecular flexibility index (Phi) is 6.03. The van der Waals surface area contributed by atoms with Crippen molar-refractivity contribution in [3.8, 4) is 0 Å². The van der Waals surface area contributed by atoms with Crippen LogP contribution in [0.25, 0.3) is 0 Å². The van der Waals surface area contributed by atoms with Crippen molar-refractivity contribution in [1.82, 2.24) is 10.0 Å². The quantitative estimate of drug-likeness (QED) is 0.834. The third kappa shape index (κ3) is 5.82. The van der Waals surface area contributed by atoms with E-state index < -0.39 is 28.7 Å². The molecule has 9 heteroatoms. The van der Waals surface area contributed by atoms with Gasteiger partial charge in [0.15, 0.2) is 0 Å². The van der Waals surface area contributed by atoms with Crippen LogP contribution in [0.5, 0.6) is 0 Å². The number of sulfonamides is 1. The highest BCUT2D eigenvalue weighted by molar-refractivity contribution is 7.89. The molecule has 0 spiro atoms. The van der Waals surface area contributed by atoms with Crippen LogP contribution in [-0.2, 0) is 16.6 Å². The number of nitrogens with one attached hydrogen (secondary N) is 2. The van der Waals surface area contributed by atoms with Crippen LogP contribution in [0.2, 0.25) is 5.02 Å². The molecule has 0 aliphatic rings. The molecule has 0 bridgehead atoms. The van der Waals surface area contributed by atoms with E-state index in [2.05, 4.69) is 5.32 Å². The fourth-order valence-corrected chi connectivity index (χ4v) is 3.58. The minimum absolute atomic E-state index is 0.0402. The van der Waals surface area contributed by atoms with Crippen molar-refractivity contribution in [2.75, 3.05) is 7.05 Å². The summed E-state index contributed by atoms with van der Waals surface area (Å²) in [5.41, 5.74) is 0.658. The van der Waals surface area contributed by atoms with Gasteiger partial charge < -0.3 is 5.32 Å². The minimum Gasteiger partial charge on any atom is -0.316 e. The lowest BCUT2D eigenvalue weighted by Gasteiger charge is -2.17. The highest BCUT2D eigenvalue weighted by Gasteiger charge is 2.32. The van der Waals surface area contributed by atoms with Gasteiger partial charge in [0, 0.05) is 12.6 Å². The van der Waals surface area contributed by atoms with Crippen molar-refractivity contribution >= 4 is 21.6 Å². The maximum absolute atomic E-state index is 12.3. The van der Waals surface area contributed by atoms with Gasteiger partial charge in [-0.25, -0.2) is 13.1 Å². The number of hydrogen-bond acceptors (Lipinski definition) is 3. The zero-order valence-electron chi connectivity index (χ0n) is 11.5. The van der Waals surface area contributed by atoms with Crippen LogP contribution in [0.1, 0.15) is 18.9 Å². The zero-order chi connectivity index (χ0) is 16.3. The lowest BCUT2D eigenvalue weighted by atomic mass is 10.2. The summed E-state index contributed by atoms with van der Waals surface area (Å²) in [6.07, 6.45) is -5.69. The lowest BCUT2D eigenvalue weighted by Crippen LogP contribution is -2.36. The molecule has 4 nitrogen and oxygen atoms in total. The molecular weight excluding hydrogens is 329 g/mol. The summed E-state index contributed by atoms with van der Waals surface area (Å²) < 4.78 is 63.0. The van der Waals surface area contributed by atoms with E-state index >= 15 is 0 Å². The van der Waals surface area contributed by atoms with E-state index in [1.807, 2.05) is 4.72 Å². The molecule has 0 saturated heterocycles. The van der Waals surface area contributed by atoms with Crippen LogP contribution >= 0.6 is 11.6 Å². The van der Waals surface area contributed by atoms with Crippen molar-refractivity contribution in [2.24, 2.45) is 0 Å². The molecule has 0 radical (unpaired) electrons. The molecule has 1 atom stereocenters. The van der Waals surface area contributed by atoms with Crippen molar-refractivity contribution in [2.45, 2.75) is 37.0 Å². The summed E-state index contributed by atoms with van der Waals surface area (Å²) in [5.74, 6) is 0. The van der Waals surface area contributed by atoms with Gasteiger partial charge in [-0.05, 0) is 31.7 Å². The van der Waals surface area contributed by atoms with Crippen LogP contribution in [0.4, 0.5) is 13.2 Å². The summed E-state index contributed by atoms with van der Waals surface area (Å²) in [7, 11) is -2.43. The normalized spacial score (nSPS) is 14.2. The topological polar surface area (TPSA) is 58.2 Å². The van der Waals surface area contributed by atoms with E-state index in [-0.39, 0.29) is 9.92 Å². The van der Waals surface area contributed by atoms with Crippen molar-refractivity contribution in [1.29, 1.82) is 0 Å². The van der Waals surface area contributed by atoms with Crippen molar-refractivity contribution in [3.63, 3.8) is 0 Å². The Morgan fingerprint density at radius 1 is 1.33 bits per heavy atom. The minimum atomic E-state index is -4.44. The lowest BCUT2D eigenvalue weighted by molar-refractivity contribution is -0.137. The first-order chi connectivity index (χ1) is 9.55. The van der Waals surface area contributed by atoms with Crippen molar-refractivity contribution < 1.29 is 21.6 Å². The van der Waals surface area contributed by atoms with Gasteiger partial charge in [-0.3, -0.25) is 0 Å². The monoisotopic (exact) mass is 344 g/mol. The maximum atomic E-state index is 12.3. The molecule has 0 aliphatic heterocycles. The molecule has 0 saturated carbocycles. The van der Waals surface area contributed by atoms with Crippen molar-refractivity contribution in [3.05, 3.63) is 28.8 Å².